The maximum Gasteiger partial charge on any atom is 0.415 e. The average molecular weight is 401 g/mol. The minimum absolute atomic E-state index is 0.00571. The summed E-state index contributed by atoms with van der Waals surface area (Å²) in [5.74, 6) is -0.0854. The van der Waals surface area contributed by atoms with Gasteiger partial charge in [0, 0.05) is 17.0 Å². The van der Waals surface area contributed by atoms with Crippen molar-refractivity contribution in [2.45, 2.75) is 31.3 Å². The molecule has 1 saturated carbocycles. The normalized spacial score (nSPS) is 23.5. The van der Waals surface area contributed by atoms with Crippen LogP contribution in [0.4, 0.5) is 16.2 Å². The van der Waals surface area contributed by atoms with Crippen LogP contribution in [0.2, 0.25) is 0 Å². The van der Waals surface area contributed by atoms with E-state index >= 15 is 0 Å². The van der Waals surface area contributed by atoms with Gasteiger partial charge in [0.15, 0.2) is 0 Å². The highest BCUT2D eigenvalue weighted by Gasteiger charge is 2.48. The second-order valence-corrected chi connectivity index (χ2v) is 8.15. The summed E-state index contributed by atoms with van der Waals surface area (Å²) in [6, 6.07) is 19.4. The first kappa shape index (κ1) is 18.6. The fourth-order valence-corrected chi connectivity index (χ4v) is 4.48. The van der Waals surface area contributed by atoms with E-state index in [0.29, 0.717) is 37.9 Å². The molecule has 30 heavy (non-hydrogen) atoms. The molecule has 6 nitrogen and oxygen atoms in total. The molecule has 0 atom stereocenters. The van der Waals surface area contributed by atoms with E-state index < -0.39 is 5.60 Å². The standard InChI is InChI=1S/C24H23N3O3/c28-22(26-19-14-18-6-4-5-9-21(18)25-15-19)17-10-12-24(13-11-17)16-27(23(29)30-24)20-7-2-1-3-8-20/h1-9,14-15,17H,10-13,16H2,(H,26,28)/t17-,24-. The summed E-state index contributed by atoms with van der Waals surface area (Å²) in [5, 5.41) is 4.00. The van der Waals surface area contributed by atoms with Crippen LogP contribution in [0, 0.1) is 5.92 Å². The lowest BCUT2D eigenvalue weighted by molar-refractivity contribution is -0.122. The molecule has 1 spiro atoms. The van der Waals surface area contributed by atoms with Crippen LogP contribution in [0.15, 0.2) is 66.9 Å². The zero-order valence-electron chi connectivity index (χ0n) is 16.6. The van der Waals surface area contributed by atoms with E-state index in [2.05, 4.69) is 10.3 Å². The van der Waals surface area contributed by atoms with Crippen LogP contribution in [-0.4, -0.2) is 29.1 Å². The van der Waals surface area contributed by atoms with Gasteiger partial charge >= 0.3 is 6.09 Å². The van der Waals surface area contributed by atoms with E-state index in [1.807, 2.05) is 60.7 Å². The van der Waals surface area contributed by atoms with Gasteiger partial charge in [-0.25, -0.2) is 4.79 Å². The predicted octanol–water partition coefficient (Wildman–Crippen LogP) is 4.76. The van der Waals surface area contributed by atoms with Gasteiger partial charge in [-0.1, -0.05) is 36.4 Å². The van der Waals surface area contributed by atoms with E-state index in [9.17, 15) is 9.59 Å². The highest BCUT2D eigenvalue weighted by molar-refractivity contribution is 5.95. The molecule has 2 amide bonds. The summed E-state index contributed by atoms with van der Waals surface area (Å²) in [6.07, 6.45) is 4.17. The highest BCUT2D eigenvalue weighted by atomic mass is 16.6. The maximum absolute atomic E-state index is 12.8. The van der Waals surface area contributed by atoms with Gasteiger partial charge < -0.3 is 10.1 Å². The first-order valence-corrected chi connectivity index (χ1v) is 10.3. The Morgan fingerprint density at radius 1 is 1.07 bits per heavy atom. The van der Waals surface area contributed by atoms with Crippen molar-refractivity contribution in [2.75, 3.05) is 16.8 Å². The molecule has 1 aliphatic heterocycles. The van der Waals surface area contributed by atoms with Gasteiger partial charge in [-0.2, -0.15) is 0 Å². The minimum Gasteiger partial charge on any atom is -0.441 e. The molecule has 152 valence electrons. The van der Waals surface area contributed by atoms with Crippen molar-refractivity contribution < 1.29 is 14.3 Å². The molecule has 1 N–H and O–H groups in total. The summed E-state index contributed by atoms with van der Waals surface area (Å²) in [7, 11) is 0. The number of ether oxygens (including phenoxy) is 1. The number of nitrogens with one attached hydrogen (secondary N) is 1. The van der Waals surface area contributed by atoms with Gasteiger partial charge in [-0.05, 0) is 49.9 Å². The zero-order chi connectivity index (χ0) is 20.6. The van der Waals surface area contributed by atoms with E-state index in [0.717, 1.165) is 16.6 Å². The fraction of sp³-hybridized carbons (Fsp3) is 0.292. The maximum atomic E-state index is 12.8. The van der Waals surface area contributed by atoms with E-state index in [1.54, 1.807) is 11.1 Å². The Kier molecular flexibility index (Phi) is 4.62. The third-order valence-electron chi connectivity index (χ3n) is 6.16. The number of rotatable bonds is 3. The van der Waals surface area contributed by atoms with Gasteiger partial charge in [0.2, 0.25) is 5.91 Å². The number of anilines is 2. The molecule has 0 radical (unpaired) electrons. The topological polar surface area (TPSA) is 71.5 Å². The fourth-order valence-electron chi connectivity index (χ4n) is 4.48. The van der Waals surface area contributed by atoms with Crippen LogP contribution in [-0.2, 0) is 9.53 Å². The van der Waals surface area contributed by atoms with Crippen molar-refractivity contribution in [2.24, 2.45) is 5.92 Å². The molecule has 2 fully saturated rings. The Labute approximate surface area is 174 Å². The third kappa shape index (κ3) is 3.49. The lowest BCUT2D eigenvalue weighted by Crippen LogP contribution is -2.41. The first-order chi connectivity index (χ1) is 14.6. The molecule has 2 aromatic carbocycles. The molecule has 2 heterocycles. The van der Waals surface area contributed by atoms with Crippen molar-refractivity contribution in [3.63, 3.8) is 0 Å². The van der Waals surface area contributed by atoms with Crippen LogP contribution in [0.3, 0.4) is 0 Å². The number of hydrogen-bond acceptors (Lipinski definition) is 4. The minimum atomic E-state index is -0.492. The van der Waals surface area contributed by atoms with Gasteiger partial charge in [0.25, 0.3) is 0 Å². The van der Waals surface area contributed by atoms with Crippen LogP contribution < -0.4 is 10.2 Å². The molecule has 1 aromatic heterocycles. The summed E-state index contributed by atoms with van der Waals surface area (Å²) < 4.78 is 5.80. The Morgan fingerprint density at radius 2 is 1.80 bits per heavy atom. The Bertz CT molecular complexity index is 1090. The summed E-state index contributed by atoms with van der Waals surface area (Å²) in [5.41, 5.74) is 1.97. The smallest absolute Gasteiger partial charge is 0.415 e. The lowest BCUT2D eigenvalue weighted by Gasteiger charge is -2.34. The first-order valence-electron chi connectivity index (χ1n) is 10.3. The largest absolute Gasteiger partial charge is 0.441 e. The number of hydrogen-bond donors (Lipinski definition) is 1. The molecule has 0 bridgehead atoms. The third-order valence-corrected chi connectivity index (χ3v) is 6.16. The summed E-state index contributed by atoms with van der Waals surface area (Å²) in [4.78, 5) is 31.3. The van der Waals surface area contributed by atoms with Crippen molar-refractivity contribution in [3.05, 3.63) is 66.9 Å². The van der Waals surface area contributed by atoms with Gasteiger partial charge in [0.05, 0.1) is 23.9 Å². The van der Waals surface area contributed by atoms with Gasteiger partial charge in [0.1, 0.15) is 5.60 Å². The number of nitrogens with zero attached hydrogens (tertiary/aromatic N) is 2. The average Bonchev–Trinajstić information content (AvgIpc) is 3.10. The number of carbonyl (C=O) groups is 2. The number of amides is 2. The van der Waals surface area contributed by atoms with Gasteiger partial charge in [-0.3, -0.25) is 14.7 Å². The van der Waals surface area contributed by atoms with E-state index in [1.165, 1.54) is 0 Å². The summed E-state index contributed by atoms with van der Waals surface area (Å²) in [6.45, 7) is 0.540. The number of pyridine rings is 1. The Hall–Kier alpha value is -3.41. The number of para-hydroxylation sites is 2. The van der Waals surface area contributed by atoms with E-state index in [-0.39, 0.29) is 17.9 Å². The zero-order valence-corrected chi connectivity index (χ0v) is 16.6. The molecule has 6 heteroatoms. The Morgan fingerprint density at radius 3 is 2.60 bits per heavy atom. The quantitative estimate of drug-likeness (QED) is 0.687. The van der Waals surface area contributed by atoms with Gasteiger partial charge in [-0.15, -0.1) is 0 Å². The van der Waals surface area contributed by atoms with E-state index in [4.69, 9.17) is 4.74 Å². The number of carbonyl (C=O) groups excluding carboxylic acids is 2. The second-order valence-electron chi connectivity index (χ2n) is 8.15. The summed E-state index contributed by atoms with van der Waals surface area (Å²) >= 11 is 0. The second kappa shape index (κ2) is 7.44. The molecule has 0 unspecified atom stereocenters. The molecule has 5 rings (SSSR count). The van der Waals surface area contributed by atoms with Crippen molar-refractivity contribution in [1.29, 1.82) is 0 Å². The van der Waals surface area contributed by atoms with Crippen molar-refractivity contribution in [1.82, 2.24) is 4.98 Å². The predicted molar refractivity (Wildman–Crippen MR) is 115 cm³/mol. The SMILES string of the molecule is O=C1O[C@]2(CC[C@H](C(=O)Nc3cnc4ccccc4c3)CC2)CN1c1ccccc1. The molecule has 1 saturated heterocycles. The molecule has 3 aromatic rings. The van der Waals surface area contributed by atoms with Crippen molar-refractivity contribution >= 4 is 34.3 Å². The van der Waals surface area contributed by atoms with Crippen LogP contribution >= 0.6 is 0 Å². The molecule has 1 aliphatic carbocycles. The van der Waals surface area contributed by atoms with Crippen LogP contribution in [0.1, 0.15) is 25.7 Å². The monoisotopic (exact) mass is 401 g/mol. The number of benzene rings is 2. The number of aromatic nitrogens is 1. The molecular weight excluding hydrogens is 378 g/mol. The van der Waals surface area contributed by atoms with Crippen LogP contribution in [0.5, 0.6) is 0 Å². The number of fused-ring (bicyclic) bond motifs is 1. The van der Waals surface area contributed by atoms with Crippen LogP contribution in [0.25, 0.3) is 10.9 Å². The molecular formula is C24H23N3O3. The van der Waals surface area contributed by atoms with Crippen molar-refractivity contribution in [3.8, 4) is 0 Å². The highest BCUT2D eigenvalue weighted by Crippen LogP contribution is 2.41. The lowest BCUT2D eigenvalue weighted by atomic mass is 9.78. The molecule has 2 aliphatic rings. The Balaban J connectivity index is 1.22.